The average molecular weight is 205 g/mol. The van der Waals surface area contributed by atoms with Crippen molar-refractivity contribution >= 4 is 11.7 Å². The van der Waals surface area contributed by atoms with Crippen molar-refractivity contribution in [3.8, 4) is 0 Å². The number of para-hydroxylation sites is 1. The molecule has 0 aromatic heterocycles. The number of carboxylic acids is 1. The van der Waals surface area contributed by atoms with E-state index >= 15 is 0 Å². The number of carbonyl (C=O) groups is 1. The molecule has 15 heavy (non-hydrogen) atoms. The molecular weight excluding hydrogens is 190 g/mol. The number of benzene rings is 1. The first kappa shape index (κ1) is 10.0. The fraction of sp³-hybridized carbons (Fsp3) is 0.417. The number of likely N-dealkylation sites (N-methyl/N-ethyl adjacent to an activating group) is 1. The molecule has 0 amide bonds. The van der Waals surface area contributed by atoms with Gasteiger partial charge in [-0.15, -0.1) is 0 Å². The number of hydrogen-bond donors (Lipinski definition) is 1. The Kier molecular flexibility index (Phi) is 2.62. The zero-order valence-corrected chi connectivity index (χ0v) is 8.86. The summed E-state index contributed by atoms with van der Waals surface area (Å²) in [6.07, 6.45) is 1.16. The maximum absolute atomic E-state index is 10.7. The van der Waals surface area contributed by atoms with E-state index in [-0.39, 0.29) is 6.42 Å². The van der Waals surface area contributed by atoms with Gasteiger partial charge in [-0.25, -0.2) is 0 Å². The Labute approximate surface area is 89.3 Å². The minimum Gasteiger partial charge on any atom is -0.481 e. The largest absolute Gasteiger partial charge is 0.481 e. The molecule has 0 fully saturated rings. The quantitative estimate of drug-likeness (QED) is 0.816. The van der Waals surface area contributed by atoms with Crippen molar-refractivity contribution in [2.45, 2.75) is 19.8 Å². The third-order valence-electron chi connectivity index (χ3n) is 2.89. The molecule has 0 saturated carbocycles. The third kappa shape index (κ3) is 1.82. The molecule has 3 nitrogen and oxygen atoms in total. The monoisotopic (exact) mass is 205 g/mol. The van der Waals surface area contributed by atoms with E-state index in [1.165, 1.54) is 5.56 Å². The van der Waals surface area contributed by atoms with Crippen molar-refractivity contribution in [2.24, 2.45) is 0 Å². The third-order valence-corrected chi connectivity index (χ3v) is 2.89. The molecule has 3 heteroatoms. The highest BCUT2D eigenvalue weighted by Gasteiger charge is 2.21. The first-order chi connectivity index (χ1) is 7.22. The van der Waals surface area contributed by atoms with Crippen molar-refractivity contribution in [1.82, 2.24) is 0 Å². The summed E-state index contributed by atoms with van der Waals surface area (Å²) in [7, 11) is 0. The molecule has 0 aliphatic carbocycles. The van der Waals surface area contributed by atoms with Gasteiger partial charge < -0.3 is 10.0 Å². The first-order valence-corrected chi connectivity index (χ1v) is 5.30. The van der Waals surface area contributed by atoms with Crippen LogP contribution in [0.25, 0.3) is 0 Å². The second-order valence-corrected chi connectivity index (χ2v) is 3.83. The van der Waals surface area contributed by atoms with Crippen molar-refractivity contribution in [3.63, 3.8) is 0 Å². The van der Waals surface area contributed by atoms with Crippen LogP contribution in [-0.4, -0.2) is 24.2 Å². The predicted molar refractivity (Wildman–Crippen MR) is 59.4 cm³/mol. The van der Waals surface area contributed by atoms with E-state index in [2.05, 4.69) is 17.9 Å². The first-order valence-electron chi connectivity index (χ1n) is 5.30. The van der Waals surface area contributed by atoms with E-state index in [9.17, 15) is 4.79 Å². The predicted octanol–water partition coefficient (Wildman–Crippen LogP) is 1.70. The Morgan fingerprint density at radius 2 is 2.33 bits per heavy atom. The van der Waals surface area contributed by atoms with Crippen LogP contribution in [0.2, 0.25) is 0 Å². The highest BCUT2D eigenvalue weighted by Crippen LogP contribution is 2.31. The van der Waals surface area contributed by atoms with E-state index in [1.54, 1.807) is 0 Å². The lowest BCUT2D eigenvalue weighted by molar-refractivity contribution is -0.136. The molecule has 1 aromatic carbocycles. The normalized spacial score (nSPS) is 14.1. The van der Waals surface area contributed by atoms with Crippen LogP contribution in [-0.2, 0) is 17.6 Å². The fourth-order valence-electron chi connectivity index (χ4n) is 2.24. The maximum Gasteiger partial charge on any atom is 0.307 e. The second kappa shape index (κ2) is 3.93. The van der Waals surface area contributed by atoms with Gasteiger partial charge in [0.25, 0.3) is 0 Å². The van der Waals surface area contributed by atoms with Crippen molar-refractivity contribution < 1.29 is 9.90 Å². The van der Waals surface area contributed by atoms with E-state index in [0.29, 0.717) is 0 Å². The fourth-order valence-corrected chi connectivity index (χ4v) is 2.24. The summed E-state index contributed by atoms with van der Waals surface area (Å²) in [4.78, 5) is 13.0. The van der Waals surface area contributed by atoms with Gasteiger partial charge in [-0.1, -0.05) is 18.2 Å². The van der Waals surface area contributed by atoms with Crippen LogP contribution in [0.1, 0.15) is 18.1 Å². The molecule has 1 aliphatic rings. The van der Waals surface area contributed by atoms with Gasteiger partial charge in [0.15, 0.2) is 0 Å². The van der Waals surface area contributed by atoms with Crippen LogP contribution in [0, 0.1) is 0 Å². The molecule has 0 bridgehead atoms. The van der Waals surface area contributed by atoms with Crippen LogP contribution in [0.15, 0.2) is 18.2 Å². The number of aliphatic carboxylic acids is 1. The summed E-state index contributed by atoms with van der Waals surface area (Å²) in [5, 5.41) is 8.84. The number of rotatable bonds is 3. The Morgan fingerprint density at radius 1 is 1.53 bits per heavy atom. The van der Waals surface area contributed by atoms with E-state index in [0.717, 1.165) is 30.8 Å². The molecule has 80 valence electrons. The summed E-state index contributed by atoms with van der Waals surface area (Å²) >= 11 is 0. The summed E-state index contributed by atoms with van der Waals surface area (Å²) in [6.45, 7) is 4.07. The summed E-state index contributed by atoms with van der Waals surface area (Å²) < 4.78 is 0. The number of fused-ring (bicyclic) bond motifs is 1. The molecule has 1 heterocycles. The Balaban J connectivity index is 2.39. The van der Waals surface area contributed by atoms with Gasteiger partial charge in [0.05, 0.1) is 6.42 Å². The van der Waals surface area contributed by atoms with Crippen LogP contribution in [0.4, 0.5) is 5.69 Å². The van der Waals surface area contributed by atoms with Crippen LogP contribution in [0.3, 0.4) is 0 Å². The molecule has 0 radical (unpaired) electrons. The van der Waals surface area contributed by atoms with Gasteiger partial charge in [0.1, 0.15) is 0 Å². The average Bonchev–Trinajstić information content (AvgIpc) is 2.61. The van der Waals surface area contributed by atoms with Crippen molar-refractivity contribution in [2.75, 3.05) is 18.0 Å². The molecule has 0 spiro atoms. The van der Waals surface area contributed by atoms with E-state index < -0.39 is 5.97 Å². The van der Waals surface area contributed by atoms with Gasteiger partial charge in [-0.05, 0) is 24.5 Å². The smallest absolute Gasteiger partial charge is 0.307 e. The zero-order chi connectivity index (χ0) is 10.8. The van der Waals surface area contributed by atoms with Crippen LogP contribution >= 0.6 is 0 Å². The highest BCUT2D eigenvalue weighted by molar-refractivity contribution is 5.75. The molecule has 1 aromatic rings. The Morgan fingerprint density at radius 3 is 3.00 bits per heavy atom. The lowest BCUT2D eigenvalue weighted by atomic mass is 10.0. The van der Waals surface area contributed by atoms with E-state index in [1.807, 2.05) is 12.1 Å². The van der Waals surface area contributed by atoms with Gasteiger partial charge in [0.2, 0.25) is 0 Å². The minimum absolute atomic E-state index is 0.125. The van der Waals surface area contributed by atoms with Crippen LogP contribution < -0.4 is 4.90 Å². The van der Waals surface area contributed by atoms with Gasteiger partial charge in [-0.2, -0.15) is 0 Å². The van der Waals surface area contributed by atoms with Crippen molar-refractivity contribution in [3.05, 3.63) is 29.3 Å². The number of anilines is 1. The second-order valence-electron chi connectivity index (χ2n) is 3.83. The maximum atomic E-state index is 10.7. The molecule has 0 unspecified atom stereocenters. The lowest BCUT2D eigenvalue weighted by Gasteiger charge is -2.19. The lowest BCUT2D eigenvalue weighted by Crippen LogP contribution is -2.21. The SMILES string of the molecule is CCN1CCc2cccc(CC(=O)O)c21. The van der Waals surface area contributed by atoms with Gasteiger partial charge in [0, 0.05) is 18.8 Å². The Hall–Kier alpha value is -1.51. The molecule has 1 aliphatic heterocycles. The standard InChI is InChI=1S/C12H15NO2/c1-2-13-7-6-9-4-3-5-10(12(9)13)8-11(14)15/h3-5H,2,6-8H2,1H3,(H,14,15). The molecular formula is C12H15NO2. The number of hydrogen-bond acceptors (Lipinski definition) is 2. The summed E-state index contributed by atoms with van der Waals surface area (Å²) in [5.74, 6) is -0.758. The van der Waals surface area contributed by atoms with E-state index in [4.69, 9.17) is 5.11 Å². The van der Waals surface area contributed by atoms with Gasteiger partial charge in [-0.3, -0.25) is 4.79 Å². The minimum atomic E-state index is -0.758. The number of nitrogens with zero attached hydrogens (tertiary/aromatic N) is 1. The molecule has 2 rings (SSSR count). The van der Waals surface area contributed by atoms with Gasteiger partial charge >= 0.3 is 5.97 Å². The molecule has 1 N–H and O–H groups in total. The summed E-state index contributed by atoms with van der Waals surface area (Å²) in [5.41, 5.74) is 3.39. The van der Waals surface area contributed by atoms with Crippen LogP contribution in [0.5, 0.6) is 0 Å². The number of carboxylic acid groups (broad SMARTS) is 1. The van der Waals surface area contributed by atoms with Crippen molar-refractivity contribution in [1.29, 1.82) is 0 Å². The summed E-state index contributed by atoms with van der Waals surface area (Å²) in [6, 6.07) is 5.97. The Bertz CT molecular complexity index is 387. The molecule has 0 saturated heterocycles. The molecule has 0 atom stereocenters. The topological polar surface area (TPSA) is 40.5 Å². The zero-order valence-electron chi connectivity index (χ0n) is 8.86. The highest BCUT2D eigenvalue weighted by atomic mass is 16.4.